The summed E-state index contributed by atoms with van der Waals surface area (Å²) in [6.45, 7) is 9.15. The average molecular weight is 213 g/mol. The van der Waals surface area contributed by atoms with Crippen LogP contribution in [0.15, 0.2) is 0 Å². The molecule has 0 heterocycles. The smallest absolute Gasteiger partial charge is 0.0652 e. The molecule has 0 bridgehead atoms. The lowest BCUT2D eigenvalue weighted by atomic mass is 9.64. The van der Waals surface area contributed by atoms with Crippen molar-refractivity contribution >= 4 is 0 Å². The van der Waals surface area contributed by atoms with E-state index in [-0.39, 0.29) is 0 Å². The molecular formula is C13H27NO. The fraction of sp³-hybridized carbons (Fsp3) is 1.00. The molecule has 2 heteroatoms. The normalized spacial score (nSPS) is 31.0. The highest BCUT2D eigenvalue weighted by Gasteiger charge is 2.48. The summed E-state index contributed by atoms with van der Waals surface area (Å²) >= 11 is 0. The van der Waals surface area contributed by atoms with Crippen LogP contribution in [0.1, 0.15) is 53.4 Å². The molecule has 0 amide bonds. The van der Waals surface area contributed by atoms with Crippen LogP contribution in [0.5, 0.6) is 0 Å². The molecular weight excluding hydrogens is 186 g/mol. The molecule has 1 aliphatic rings. The van der Waals surface area contributed by atoms with E-state index in [0.29, 0.717) is 23.6 Å². The Morgan fingerprint density at radius 3 is 2.60 bits per heavy atom. The Bertz CT molecular complexity index is 191. The van der Waals surface area contributed by atoms with Crippen molar-refractivity contribution in [3.05, 3.63) is 0 Å². The number of methoxy groups -OCH3 is 1. The van der Waals surface area contributed by atoms with Gasteiger partial charge in [0.1, 0.15) is 0 Å². The van der Waals surface area contributed by atoms with Crippen molar-refractivity contribution in [2.75, 3.05) is 7.11 Å². The third kappa shape index (κ3) is 2.94. The lowest BCUT2D eigenvalue weighted by Crippen LogP contribution is -2.62. The summed E-state index contributed by atoms with van der Waals surface area (Å²) in [5.41, 5.74) is 0.301. The predicted octanol–water partition coefficient (Wildman–Crippen LogP) is 2.97. The minimum atomic E-state index is 0.301. The number of nitrogens with one attached hydrogen (secondary N) is 1. The van der Waals surface area contributed by atoms with Crippen LogP contribution < -0.4 is 5.32 Å². The Kier molecular flexibility index (Phi) is 4.60. The molecule has 0 aromatic rings. The molecule has 3 atom stereocenters. The van der Waals surface area contributed by atoms with Gasteiger partial charge in [0.05, 0.1) is 6.10 Å². The van der Waals surface area contributed by atoms with E-state index in [1.54, 1.807) is 0 Å². The van der Waals surface area contributed by atoms with E-state index in [4.69, 9.17) is 4.74 Å². The molecule has 2 nitrogen and oxygen atoms in total. The maximum Gasteiger partial charge on any atom is 0.0652 e. The van der Waals surface area contributed by atoms with Crippen LogP contribution in [0.25, 0.3) is 0 Å². The molecule has 1 fully saturated rings. The Morgan fingerprint density at radius 1 is 1.47 bits per heavy atom. The van der Waals surface area contributed by atoms with Crippen LogP contribution in [0.2, 0.25) is 0 Å². The Labute approximate surface area is 94.8 Å². The van der Waals surface area contributed by atoms with Gasteiger partial charge in [-0.3, -0.25) is 0 Å². The van der Waals surface area contributed by atoms with E-state index in [9.17, 15) is 0 Å². The van der Waals surface area contributed by atoms with Gasteiger partial charge in [0, 0.05) is 24.6 Å². The van der Waals surface area contributed by atoms with E-state index in [0.717, 1.165) is 0 Å². The monoisotopic (exact) mass is 213 g/mol. The second-order valence-electron chi connectivity index (χ2n) is 5.54. The standard InChI is InChI=1S/C13H27NO/c1-6-7-8-10(2)14-11-9-12(15-5)13(11,3)4/h10-12,14H,6-9H2,1-5H3. The maximum absolute atomic E-state index is 5.45. The van der Waals surface area contributed by atoms with Crippen molar-refractivity contribution in [3.8, 4) is 0 Å². The summed E-state index contributed by atoms with van der Waals surface area (Å²) in [5.74, 6) is 0. The topological polar surface area (TPSA) is 21.3 Å². The second kappa shape index (κ2) is 5.31. The van der Waals surface area contributed by atoms with Crippen LogP contribution in [0, 0.1) is 5.41 Å². The van der Waals surface area contributed by atoms with Crippen molar-refractivity contribution in [1.29, 1.82) is 0 Å². The molecule has 0 saturated heterocycles. The molecule has 0 spiro atoms. The van der Waals surface area contributed by atoms with E-state index in [1.807, 2.05) is 7.11 Å². The number of ether oxygens (including phenoxy) is 1. The molecule has 90 valence electrons. The number of unbranched alkanes of at least 4 members (excludes halogenated alkanes) is 1. The molecule has 0 aliphatic heterocycles. The second-order valence-corrected chi connectivity index (χ2v) is 5.54. The summed E-state index contributed by atoms with van der Waals surface area (Å²) in [6, 6.07) is 1.28. The zero-order valence-electron chi connectivity index (χ0n) is 11.0. The molecule has 1 rings (SSSR count). The SMILES string of the molecule is CCCCC(C)NC1CC(OC)C1(C)C. The molecule has 3 unspecified atom stereocenters. The van der Waals surface area contributed by atoms with E-state index in [2.05, 4.69) is 33.0 Å². The Balaban J connectivity index is 2.29. The molecule has 0 aromatic carbocycles. The van der Waals surface area contributed by atoms with Crippen molar-refractivity contribution < 1.29 is 4.74 Å². The van der Waals surface area contributed by atoms with Crippen LogP contribution in [0.3, 0.4) is 0 Å². The van der Waals surface area contributed by atoms with E-state index in [1.165, 1.54) is 25.7 Å². The predicted molar refractivity (Wildman–Crippen MR) is 65.1 cm³/mol. The highest BCUT2D eigenvalue weighted by Crippen LogP contribution is 2.42. The van der Waals surface area contributed by atoms with Crippen LogP contribution in [-0.2, 0) is 4.74 Å². The van der Waals surface area contributed by atoms with Crippen molar-refractivity contribution in [2.24, 2.45) is 5.41 Å². The summed E-state index contributed by atoms with van der Waals surface area (Å²) in [5, 5.41) is 3.73. The summed E-state index contributed by atoms with van der Waals surface area (Å²) in [4.78, 5) is 0. The van der Waals surface area contributed by atoms with Gasteiger partial charge in [-0.2, -0.15) is 0 Å². The lowest BCUT2D eigenvalue weighted by molar-refractivity contribution is -0.0999. The Morgan fingerprint density at radius 2 is 2.13 bits per heavy atom. The minimum Gasteiger partial charge on any atom is -0.381 e. The first-order valence-electron chi connectivity index (χ1n) is 6.31. The Hall–Kier alpha value is -0.0800. The zero-order chi connectivity index (χ0) is 11.5. The van der Waals surface area contributed by atoms with Crippen molar-refractivity contribution in [3.63, 3.8) is 0 Å². The van der Waals surface area contributed by atoms with Gasteiger partial charge in [0.2, 0.25) is 0 Å². The zero-order valence-corrected chi connectivity index (χ0v) is 11.0. The van der Waals surface area contributed by atoms with Gasteiger partial charge in [0.15, 0.2) is 0 Å². The lowest BCUT2D eigenvalue weighted by Gasteiger charge is -2.52. The summed E-state index contributed by atoms with van der Waals surface area (Å²) in [7, 11) is 1.82. The van der Waals surface area contributed by atoms with Gasteiger partial charge < -0.3 is 10.1 Å². The van der Waals surface area contributed by atoms with Gasteiger partial charge >= 0.3 is 0 Å². The van der Waals surface area contributed by atoms with Gasteiger partial charge in [-0.25, -0.2) is 0 Å². The van der Waals surface area contributed by atoms with E-state index < -0.39 is 0 Å². The third-order valence-electron chi connectivity index (χ3n) is 3.94. The summed E-state index contributed by atoms with van der Waals surface area (Å²) in [6.07, 6.45) is 5.52. The van der Waals surface area contributed by atoms with Gasteiger partial charge in [0.25, 0.3) is 0 Å². The number of rotatable bonds is 6. The molecule has 0 radical (unpaired) electrons. The van der Waals surface area contributed by atoms with E-state index >= 15 is 0 Å². The largest absolute Gasteiger partial charge is 0.381 e. The van der Waals surface area contributed by atoms with Crippen LogP contribution in [0.4, 0.5) is 0 Å². The fourth-order valence-electron chi connectivity index (χ4n) is 2.51. The number of hydrogen-bond acceptors (Lipinski definition) is 2. The molecule has 1 aliphatic carbocycles. The third-order valence-corrected chi connectivity index (χ3v) is 3.94. The molecule has 1 saturated carbocycles. The first-order chi connectivity index (χ1) is 7.02. The van der Waals surface area contributed by atoms with Gasteiger partial charge in [-0.15, -0.1) is 0 Å². The van der Waals surface area contributed by atoms with Crippen molar-refractivity contribution in [2.45, 2.75) is 71.6 Å². The van der Waals surface area contributed by atoms with Gasteiger partial charge in [-0.1, -0.05) is 33.6 Å². The average Bonchev–Trinajstić information content (AvgIpc) is 2.20. The van der Waals surface area contributed by atoms with Gasteiger partial charge in [-0.05, 0) is 19.8 Å². The molecule has 1 N–H and O–H groups in total. The first kappa shape index (κ1) is 13.0. The quantitative estimate of drug-likeness (QED) is 0.732. The van der Waals surface area contributed by atoms with Crippen LogP contribution in [-0.4, -0.2) is 25.3 Å². The molecule has 0 aromatic heterocycles. The van der Waals surface area contributed by atoms with Crippen molar-refractivity contribution in [1.82, 2.24) is 5.32 Å². The highest BCUT2D eigenvalue weighted by molar-refractivity contribution is 5.03. The first-order valence-corrected chi connectivity index (χ1v) is 6.31. The highest BCUT2D eigenvalue weighted by atomic mass is 16.5. The minimum absolute atomic E-state index is 0.301. The molecule has 15 heavy (non-hydrogen) atoms. The fourth-order valence-corrected chi connectivity index (χ4v) is 2.51. The number of hydrogen-bond donors (Lipinski definition) is 1. The summed E-state index contributed by atoms with van der Waals surface area (Å²) < 4.78 is 5.45. The maximum atomic E-state index is 5.45. The van der Waals surface area contributed by atoms with Crippen LogP contribution >= 0.6 is 0 Å².